The summed E-state index contributed by atoms with van der Waals surface area (Å²) >= 11 is 0. The maximum absolute atomic E-state index is 12.2. The first-order chi connectivity index (χ1) is 9.16. The molecule has 1 saturated heterocycles. The van der Waals surface area contributed by atoms with Crippen molar-refractivity contribution in [3.05, 3.63) is 35.4 Å². The summed E-state index contributed by atoms with van der Waals surface area (Å²) in [5.41, 5.74) is 1.97. The van der Waals surface area contributed by atoms with Crippen LogP contribution < -0.4 is 5.32 Å². The number of hydrogen-bond donors (Lipinski definition) is 1. The molecule has 1 N–H and O–H groups in total. The van der Waals surface area contributed by atoms with E-state index in [-0.39, 0.29) is 5.91 Å². The molecule has 1 heterocycles. The number of nitrogens with zero attached hydrogens (tertiary/aromatic N) is 1. The Labute approximate surface area is 116 Å². The molecule has 104 valence electrons. The minimum Gasteiger partial charge on any atom is -0.342 e. The summed E-state index contributed by atoms with van der Waals surface area (Å²) in [5, 5.41) is 3.42. The van der Waals surface area contributed by atoms with E-state index < -0.39 is 0 Å². The highest BCUT2D eigenvalue weighted by molar-refractivity contribution is 5.94. The van der Waals surface area contributed by atoms with Crippen LogP contribution in [0.5, 0.6) is 0 Å². The number of rotatable bonds is 4. The van der Waals surface area contributed by atoms with Gasteiger partial charge in [-0.15, -0.1) is 0 Å². The van der Waals surface area contributed by atoms with Gasteiger partial charge in [0.2, 0.25) is 0 Å². The van der Waals surface area contributed by atoms with Gasteiger partial charge in [0.25, 0.3) is 5.91 Å². The largest absolute Gasteiger partial charge is 0.342 e. The van der Waals surface area contributed by atoms with E-state index in [9.17, 15) is 4.79 Å². The summed E-state index contributed by atoms with van der Waals surface area (Å²) < 4.78 is 0. The average molecular weight is 260 g/mol. The first-order valence-electron chi connectivity index (χ1n) is 7.19. The highest BCUT2D eigenvalue weighted by Gasteiger charge is 2.16. The highest BCUT2D eigenvalue weighted by atomic mass is 16.2. The van der Waals surface area contributed by atoms with Gasteiger partial charge < -0.3 is 10.2 Å². The molecular weight excluding hydrogens is 236 g/mol. The van der Waals surface area contributed by atoms with Crippen LogP contribution in [0.1, 0.15) is 35.2 Å². The smallest absolute Gasteiger partial charge is 0.253 e. The number of amides is 1. The predicted octanol–water partition coefficient (Wildman–Crippen LogP) is 2.46. The van der Waals surface area contributed by atoms with Crippen molar-refractivity contribution < 1.29 is 4.79 Å². The topological polar surface area (TPSA) is 32.3 Å². The number of carbonyl (C=O) groups is 1. The fraction of sp³-hybridized carbons (Fsp3) is 0.562. The van der Waals surface area contributed by atoms with E-state index >= 15 is 0 Å². The van der Waals surface area contributed by atoms with Gasteiger partial charge in [-0.25, -0.2) is 0 Å². The molecule has 1 fully saturated rings. The molecule has 3 nitrogen and oxygen atoms in total. The molecule has 0 saturated carbocycles. The Hall–Kier alpha value is -1.35. The molecule has 1 unspecified atom stereocenters. The molecule has 1 aliphatic heterocycles. The van der Waals surface area contributed by atoms with Gasteiger partial charge in [0.1, 0.15) is 0 Å². The minimum atomic E-state index is 0.128. The number of nitrogens with one attached hydrogen (secondary N) is 1. The molecule has 0 aliphatic carbocycles. The first kappa shape index (κ1) is 14.1. The quantitative estimate of drug-likeness (QED) is 0.902. The Morgan fingerprint density at radius 3 is 2.74 bits per heavy atom. The molecular formula is C16H24N2O. The van der Waals surface area contributed by atoms with Crippen molar-refractivity contribution in [2.45, 2.75) is 26.2 Å². The summed E-state index contributed by atoms with van der Waals surface area (Å²) in [6, 6.07) is 7.81. The Morgan fingerprint density at radius 2 is 2.11 bits per heavy atom. The molecule has 1 atom stereocenters. The zero-order valence-corrected chi connectivity index (χ0v) is 12.0. The predicted molar refractivity (Wildman–Crippen MR) is 78.4 cm³/mol. The Balaban J connectivity index is 1.83. The third-order valence-corrected chi connectivity index (χ3v) is 3.92. The lowest BCUT2D eigenvalue weighted by Gasteiger charge is -2.25. The molecule has 2 rings (SSSR count). The average Bonchev–Trinajstić information content (AvgIpc) is 2.46. The van der Waals surface area contributed by atoms with Gasteiger partial charge in [0.05, 0.1) is 0 Å². The van der Waals surface area contributed by atoms with E-state index in [0.717, 1.165) is 37.5 Å². The summed E-state index contributed by atoms with van der Waals surface area (Å²) in [6.45, 7) is 5.13. The number of piperidine rings is 1. The molecule has 0 radical (unpaired) electrons. The third kappa shape index (κ3) is 4.06. The summed E-state index contributed by atoms with van der Waals surface area (Å²) in [4.78, 5) is 14.1. The van der Waals surface area contributed by atoms with Crippen LogP contribution in [0.2, 0.25) is 0 Å². The fourth-order valence-corrected chi connectivity index (χ4v) is 2.56. The van der Waals surface area contributed by atoms with Crippen LogP contribution in [-0.2, 0) is 0 Å². The molecule has 1 aromatic carbocycles. The molecule has 19 heavy (non-hydrogen) atoms. The zero-order chi connectivity index (χ0) is 13.7. The van der Waals surface area contributed by atoms with Crippen molar-refractivity contribution in [2.24, 2.45) is 5.92 Å². The van der Waals surface area contributed by atoms with E-state index in [2.05, 4.69) is 5.32 Å². The molecule has 1 aliphatic rings. The molecule has 1 aromatic rings. The van der Waals surface area contributed by atoms with Crippen molar-refractivity contribution in [2.75, 3.05) is 26.7 Å². The first-order valence-corrected chi connectivity index (χ1v) is 7.19. The Bertz CT molecular complexity index is 407. The Kier molecular flexibility index (Phi) is 4.97. The van der Waals surface area contributed by atoms with Crippen molar-refractivity contribution >= 4 is 5.91 Å². The third-order valence-electron chi connectivity index (χ3n) is 3.92. The van der Waals surface area contributed by atoms with Crippen LogP contribution in [0.4, 0.5) is 0 Å². The van der Waals surface area contributed by atoms with Gasteiger partial charge in [0, 0.05) is 19.2 Å². The van der Waals surface area contributed by atoms with Crippen LogP contribution in [0.25, 0.3) is 0 Å². The van der Waals surface area contributed by atoms with Crippen molar-refractivity contribution in [3.63, 3.8) is 0 Å². The molecule has 0 spiro atoms. The van der Waals surface area contributed by atoms with Crippen LogP contribution in [-0.4, -0.2) is 37.5 Å². The van der Waals surface area contributed by atoms with Crippen molar-refractivity contribution in [1.29, 1.82) is 0 Å². The van der Waals surface area contributed by atoms with Crippen LogP contribution in [0.3, 0.4) is 0 Å². The normalized spacial score (nSPS) is 19.2. The number of aryl methyl sites for hydroxylation is 1. The lowest BCUT2D eigenvalue weighted by Crippen LogP contribution is -2.34. The second-order valence-electron chi connectivity index (χ2n) is 5.59. The van der Waals surface area contributed by atoms with Crippen molar-refractivity contribution in [3.8, 4) is 0 Å². The SMILES string of the molecule is Cc1ccc(C(=O)N(C)CCC2CCCNC2)cc1. The molecule has 3 heteroatoms. The van der Waals surface area contributed by atoms with Crippen LogP contribution >= 0.6 is 0 Å². The van der Waals surface area contributed by atoms with E-state index in [0.29, 0.717) is 0 Å². The van der Waals surface area contributed by atoms with Gasteiger partial charge in [-0.1, -0.05) is 17.7 Å². The summed E-state index contributed by atoms with van der Waals surface area (Å²) in [6.07, 6.45) is 3.65. The molecule has 1 amide bonds. The highest BCUT2D eigenvalue weighted by Crippen LogP contribution is 2.15. The van der Waals surface area contributed by atoms with E-state index in [1.807, 2.05) is 43.1 Å². The standard InChI is InChI=1S/C16H24N2O/c1-13-5-7-15(8-6-13)16(19)18(2)11-9-14-4-3-10-17-12-14/h5-8,14,17H,3-4,9-12H2,1-2H3. The monoisotopic (exact) mass is 260 g/mol. The minimum absolute atomic E-state index is 0.128. The van der Waals surface area contributed by atoms with E-state index in [1.165, 1.54) is 18.4 Å². The molecule has 0 aromatic heterocycles. The van der Waals surface area contributed by atoms with Crippen LogP contribution in [0, 0.1) is 12.8 Å². The zero-order valence-electron chi connectivity index (χ0n) is 12.0. The second-order valence-corrected chi connectivity index (χ2v) is 5.59. The van der Waals surface area contributed by atoms with Gasteiger partial charge in [0.15, 0.2) is 0 Å². The van der Waals surface area contributed by atoms with Gasteiger partial charge in [-0.3, -0.25) is 4.79 Å². The van der Waals surface area contributed by atoms with Crippen molar-refractivity contribution in [1.82, 2.24) is 10.2 Å². The summed E-state index contributed by atoms with van der Waals surface area (Å²) in [7, 11) is 1.90. The van der Waals surface area contributed by atoms with E-state index in [4.69, 9.17) is 0 Å². The number of hydrogen-bond acceptors (Lipinski definition) is 2. The summed E-state index contributed by atoms with van der Waals surface area (Å²) in [5.74, 6) is 0.853. The van der Waals surface area contributed by atoms with Gasteiger partial charge in [-0.05, 0) is 57.3 Å². The van der Waals surface area contributed by atoms with E-state index in [1.54, 1.807) is 0 Å². The maximum Gasteiger partial charge on any atom is 0.253 e. The molecule has 0 bridgehead atoms. The lowest BCUT2D eigenvalue weighted by molar-refractivity contribution is 0.0785. The number of carbonyl (C=O) groups excluding carboxylic acids is 1. The fourth-order valence-electron chi connectivity index (χ4n) is 2.56. The number of benzene rings is 1. The Morgan fingerprint density at radius 1 is 1.37 bits per heavy atom. The maximum atomic E-state index is 12.2. The van der Waals surface area contributed by atoms with Gasteiger partial charge in [-0.2, -0.15) is 0 Å². The second kappa shape index (κ2) is 6.71. The van der Waals surface area contributed by atoms with Gasteiger partial charge >= 0.3 is 0 Å². The van der Waals surface area contributed by atoms with Crippen LogP contribution in [0.15, 0.2) is 24.3 Å². The lowest BCUT2D eigenvalue weighted by atomic mass is 9.96.